The Balaban J connectivity index is 2.69. The molecule has 0 saturated carbocycles. The van der Waals surface area contributed by atoms with Crippen molar-refractivity contribution >= 4 is 11.9 Å². The van der Waals surface area contributed by atoms with Crippen molar-refractivity contribution in [2.75, 3.05) is 13.1 Å². The normalized spacial score (nSPS) is 22.1. The highest BCUT2D eigenvalue weighted by Gasteiger charge is 2.40. The van der Waals surface area contributed by atoms with Crippen LogP contribution in [0.3, 0.4) is 0 Å². The molecule has 1 rings (SSSR count). The number of hydrogen-bond acceptors (Lipinski definition) is 3. The van der Waals surface area contributed by atoms with Gasteiger partial charge >= 0.3 is 5.97 Å². The van der Waals surface area contributed by atoms with Gasteiger partial charge in [0.15, 0.2) is 0 Å². The van der Waals surface area contributed by atoms with E-state index >= 15 is 0 Å². The van der Waals surface area contributed by atoms with Gasteiger partial charge in [0.2, 0.25) is 5.91 Å². The Labute approximate surface area is 115 Å². The molecule has 1 saturated heterocycles. The molecule has 0 aliphatic carbocycles. The molecule has 1 aliphatic rings. The smallest absolute Gasteiger partial charge is 0.309 e. The molecule has 0 aromatic rings. The number of nitrogens with two attached hydrogens (primary N) is 1. The SMILES string of the molecule is CCC[C@H](N)C(=O)N1CCCC(C(C)(C)C(=O)O)C1. The van der Waals surface area contributed by atoms with Crippen LogP contribution in [0, 0.1) is 11.3 Å². The topological polar surface area (TPSA) is 83.6 Å². The van der Waals surface area contributed by atoms with Crippen LogP contribution in [0.1, 0.15) is 46.5 Å². The summed E-state index contributed by atoms with van der Waals surface area (Å²) in [6.07, 6.45) is 3.27. The van der Waals surface area contributed by atoms with Gasteiger partial charge in [0.05, 0.1) is 11.5 Å². The zero-order chi connectivity index (χ0) is 14.6. The number of piperidine rings is 1. The maximum absolute atomic E-state index is 12.2. The molecule has 110 valence electrons. The van der Waals surface area contributed by atoms with Crippen molar-refractivity contribution in [1.82, 2.24) is 4.90 Å². The van der Waals surface area contributed by atoms with Gasteiger partial charge in [-0.25, -0.2) is 0 Å². The van der Waals surface area contributed by atoms with E-state index in [1.165, 1.54) is 0 Å². The van der Waals surface area contributed by atoms with E-state index in [9.17, 15) is 14.7 Å². The monoisotopic (exact) mass is 270 g/mol. The lowest BCUT2D eigenvalue weighted by Gasteiger charge is -2.40. The third kappa shape index (κ3) is 3.69. The molecule has 1 heterocycles. The lowest BCUT2D eigenvalue weighted by Crippen LogP contribution is -2.51. The van der Waals surface area contributed by atoms with Crippen LogP contribution in [-0.4, -0.2) is 41.0 Å². The van der Waals surface area contributed by atoms with Gasteiger partial charge in [0.25, 0.3) is 0 Å². The predicted molar refractivity (Wildman–Crippen MR) is 73.6 cm³/mol. The molecule has 5 nitrogen and oxygen atoms in total. The van der Waals surface area contributed by atoms with E-state index in [4.69, 9.17) is 5.73 Å². The molecule has 0 aromatic heterocycles. The average Bonchev–Trinajstić information content (AvgIpc) is 2.38. The summed E-state index contributed by atoms with van der Waals surface area (Å²) in [5, 5.41) is 9.28. The van der Waals surface area contributed by atoms with Crippen LogP contribution in [0.4, 0.5) is 0 Å². The summed E-state index contributed by atoms with van der Waals surface area (Å²) in [6, 6.07) is -0.448. The third-order valence-corrected chi connectivity index (χ3v) is 4.22. The van der Waals surface area contributed by atoms with E-state index in [1.807, 2.05) is 6.92 Å². The van der Waals surface area contributed by atoms with Gasteiger partial charge < -0.3 is 15.7 Å². The van der Waals surface area contributed by atoms with Gasteiger partial charge in [0.1, 0.15) is 0 Å². The van der Waals surface area contributed by atoms with Crippen LogP contribution in [0.25, 0.3) is 0 Å². The molecule has 0 aromatic carbocycles. The Morgan fingerprint density at radius 2 is 2.11 bits per heavy atom. The number of carboxylic acid groups (broad SMARTS) is 1. The van der Waals surface area contributed by atoms with Gasteiger partial charge in [-0.2, -0.15) is 0 Å². The molecular formula is C14H26N2O3. The van der Waals surface area contributed by atoms with Crippen LogP contribution < -0.4 is 5.73 Å². The van der Waals surface area contributed by atoms with E-state index in [1.54, 1.807) is 18.7 Å². The maximum atomic E-state index is 12.2. The van der Waals surface area contributed by atoms with Gasteiger partial charge in [-0.1, -0.05) is 13.3 Å². The number of hydrogen-bond donors (Lipinski definition) is 2. The van der Waals surface area contributed by atoms with Crippen molar-refractivity contribution in [1.29, 1.82) is 0 Å². The van der Waals surface area contributed by atoms with Crippen molar-refractivity contribution < 1.29 is 14.7 Å². The summed E-state index contributed by atoms with van der Waals surface area (Å²) in [4.78, 5) is 25.2. The van der Waals surface area contributed by atoms with Crippen molar-refractivity contribution in [3.05, 3.63) is 0 Å². The molecular weight excluding hydrogens is 244 g/mol. The second-order valence-electron chi connectivity index (χ2n) is 6.05. The summed E-state index contributed by atoms with van der Waals surface area (Å²) in [7, 11) is 0. The Kier molecular flexibility index (Phi) is 5.35. The molecule has 1 fully saturated rings. The average molecular weight is 270 g/mol. The van der Waals surface area contributed by atoms with E-state index in [-0.39, 0.29) is 11.8 Å². The number of aliphatic carboxylic acids is 1. The molecule has 5 heteroatoms. The van der Waals surface area contributed by atoms with Gasteiger partial charge in [-0.3, -0.25) is 9.59 Å². The van der Waals surface area contributed by atoms with Crippen LogP contribution in [0.15, 0.2) is 0 Å². The van der Waals surface area contributed by atoms with E-state index in [0.29, 0.717) is 19.5 Å². The van der Waals surface area contributed by atoms with E-state index in [2.05, 4.69) is 0 Å². The van der Waals surface area contributed by atoms with Crippen LogP contribution in [-0.2, 0) is 9.59 Å². The molecule has 1 unspecified atom stereocenters. The van der Waals surface area contributed by atoms with Gasteiger partial charge in [-0.15, -0.1) is 0 Å². The highest BCUT2D eigenvalue weighted by atomic mass is 16.4. The fourth-order valence-corrected chi connectivity index (χ4v) is 2.61. The summed E-state index contributed by atoms with van der Waals surface area (Å²) in [5.41, 5.74) is 5.07. The first-order valence-corrected chi connectivity index (χ1v) is 7.08. The minimum atomic E-state index is -0.801. The van der Waals surface area contributed by atoms with Crippen molar-refractivity contribution in [3.8, 4) is 0 Å². The lowest BCUT2D eigenvalue weighted by molar-refractivity contribution is -0.153. The van der Waals surface area contributed by atoms with E-state index in [0.717, 1.165) is 19.3 Å². The highest BCUT2D eigenvalue weighted by molar-refractivity contribution is 5.82. The zero-order valence-corrected chi connectivity index (χ0v) is 12.2. The first-order valence-electron chi connectivity index (χ1n) is 7.08. The molecule has 0 bridgehead atoms. The van der Waals surface area contributed by atoms with Gasteiger partial charge in [-0.05, 0) is 39.0 Å². The van der Waals surface area contributed by atoms with Crippen LogP contribution >= 0.6 is 0 Å². The number of amides is 1. The molecule has 3 N–H and O–H groups in total. The number of rotatable bonds is 5. The maximum Gasteiger partial charge on any atom is 0.309 e. The summed E-state index contributed by atoms with van der Waals surface area (Å²) in [5.74, 6) is -0.839. The van der Waals surface area contributed by atoms with Gasteiger partial charge in [0, 0.05) is 13.1 Å². The summed E-state index contributed by atoms with van der Waals surface area (Å²) in [6.45, 7) is 6.68. The highest BCUT2D eigenvalue weighted by Crippen LogP contribution is 2.34. The van der Waals surface area contributed by atoms with Crippen LogP contribution in [0.5, 0.6) is 0 Å². The Bertz CT molecular complexity index is 342. The first kappa shape index (κ1) is 16.0. The molecule has 0 radical (unpaired) electrons. The second kappa shape index (κ2) is 6.37. The number of likely N-dealkylation sites (tertiary alicyclic amines) is 1. The van der Waals surface area contributed by atoms with E-state index < -0.39 is 17.4 Å². The molecule has 2 atom stereocenters. The number of carboxylic acids is 1. The van der Waals surface area contributed by atoms with Crippen LogP contribution in [0.2, 0.25) is 0 Å². The van der Waals surface area contributed by atoms with Crippen molar-refractivity contribution in [2.24, 2.45) is 17.1 Å². The summed E-state index contributed by atoms with van der Waals surface area (Å²) >= 11 is 0. The number of carbonyl (C=O) groups excluding carboxylic acids is 1. The van der Waals surface area contributed by atoms with Crippen molar-refractivity contribution in [2.45, 2.75) is 52.5 Å². The summed E-state index contributed by atoms with van der Waals surface area (Å²) < 4.78 is 0. The zero-order valence-electron chi connectivity index (χ0n) is 12.2. The lowest BCUT2D eigenvalue weighted by atomic mass is 9.74. The number of carbonyl (C=O) groups is 2. The predicted octanol–water partition coefficient (Wildman–Crippen LogP) is 1.46. The van der Waals surface area contributed by atoms with Crippen molar-refractivity contribution in [3.63, 3.8) is 0 Å². The Morgan fingerprint density at radius 1 is 1.47 bits per heavy atom. The quantitative estimate of drug-likeness (QED) is 0.792. The molecule has 1 aliphatic heterocycles. The third-order valence-electron chi connectivity index (χ3n) is 4.22. The largest absolute Gasteiger partial charge is 0.481 e. The first-order chi connectivity index (χ1) is 8.80. The fraction of sp³-hybridized carbons (Fsp3) is 0.857. The fourth-order valence-electron chi connectivity index (χ4n) is 2.61. The Hall–Kier alpha value is -1.10. The molecule has 1 amide bonds. The minimum absolute atomic E-state index is 0.00322. The second-order valence-corrected chi connectivity index (χ2v) is 6.05. The Morgan fingerprint density at radius 3 is 2.63 bits per heavy atom. The molecule has 19 heavy (non-hydrogen) atoms. The minimum Gasteiger partial charge on any atom is -0.481 e. The standard InChI is InChI=1S/C14H26N2O3/c1-4-6-11(15)12(17)16-8-5-7-10(9-16)14(2,3)13(18)19/h10-11H,4-9,15H2,1-3H3,(H,18,19)/t10?,11-/m0/s1. The molecule has 0 spiro atoms. The number of nitrogens with zero attached hydrogens (tertiary/aromatic N) is 1.